The highest BCUT2D eigenvalue weighted by Crippen LogP contribution is 2.32. The SMILES string of the molecule is CCOc1nn(C2C=CC=CC2)c(NC(=O)N[C@@H]2CN(CC(=O)OC)C[C@H]2c2ccc(F)c(F)c2)c1C. The largest absolute Gasteiger partial charge is 0.477 e. The van der Waals surface area contributed by atoms with Gasteiger partial charge in [-0.2, -0.15) is 0 Å². The number of allylic oxidation sites excluding steroid dienone is 4. The number of nitrogens with one attached hydrogen (secondary N) is 2. The first-order valence-electron chi connectivity index (χ1n) is 12.2. The molecule has 1 aliphatic heterocycles. The zero-order chi connectivity index (χ0) is 26.5. The van der Waals surface area contributed by atoms with E-state index < -0.39 is 29.7 Å². The lowest BCUT2D eigenvalue weighted by atomic mass is 9.94. The van der Waals surface area contributed by atoms with Crippen LogP contribution >= 0.6 is 0 Å². The lowest BCUT2D eigenvalue weighted by Gasteiger charge is -2.22. The average Bonchev–Trinajstić information content (AvgIpc) is 3.42. The van der Waals surface area contributed by atoms with Crippen LogP contribution in [0.2, 0.25) is 0 Å². The monoisotopic (exact) mass is 515 g/mol. The normalized spacial score (nSPS) is 21.2. The van der Waals surface area contributed by atoms with Gasteiger partial charge in [0.1, 0.15) is 5.82 Å². The molecule has 4 rings (SSSR count). The van der Waals surface area contributed by atoms with E-state index >= 15 is 0 Å². The van der Waals surface area contributed by atoms with Crippen LogP contribution in [0, 0.1) is 18.6 Å². The van der Waals surface area contributed by atoms with Gasteiger partial charge in [0, 0.05) is 19.0 Å². The minimum Gasteiger partial charge on any atom is -0.477 e. The molecule has 11 heteroatoms. The van der Waals surface area contributed by atoms with Crippen LogP contribution in [0.4, 0.5) is 19.4 Å². The van der Waals surface area contributed by atoms with E-state index in [4.69, 9.17) is 9.47 Å². The first kappa shape index (κ1) is 26.3. The van der Waals surface area contributed by atoms with Crippen molar-refractivity contribution in [1.82, 2.24) is 20.0 Å². The van der Waals surface area contributed by atoms with Crippen molar-refractivity contribution in [3.8, 4) is 5.88 Å². The number of hydrogen-bond acceptors (Lipinski definition) is 6. The molecule has 37 heavy (non-hydrogen) atoms. The first-order chi connectivity index (χ1) is 17.8. The van der Waals surface area contributed by atoms with Gasteiger partial charge >= 0.3 is 12.0 Å². The number of likely N-dealkylation sites (tertiary alicyclic amines) is 1. The molecule has 1 aromatic carbocycles. The predicted molar refractivity (Wildman–Crippen MR) is 134 cm³/mol. The van der Waals surface area contributed by atoms with E-state index in [1.54, 1.807) is 4.68 Å². The van der Waals surface area contributed by atoms with E-state index in [0.29, 0.717) is 48.9 Å². The summed E-state index contributed by atoms with van der Waals surface area (Å²) in [5.41, 5.74) is 1.21. The van der Waals surface area contributed by atoms with Gasteiger partial charge in [0.25, 0.3) is 0 Å². The Morgan fingerprint density at radius 2 is 2.00 bits per heavy atom. The van der Waals surface area contributed by atoms with E-state index in [9.17, 15) is 18.4 Å². The van der Waals surface area contributed by atoms with Crippen LogP contribution in [0.15, 0.2) is 42.5 Å². The third-order valence-corrected chi connectivity index (χ3v) is 6.55. The second-order valence-corrected chi connectivity index (χ2v) is 9.03. The number of esters is 1. The van der Waals surface area contributed by atoms with Crippen molar-refractivity contribution in [3.05, 3.63) is 65.3 Å². The Kier molecular flexibility index (Phi) is 8.22. The Morgan fingerprint density at radius 3 is 2.68 bits per heavy atom. The number of nitrogens with zero attached hydrogens (tertiary/aromatic N) is 3. The average molecular weight is 516 g/mol. The number of amides is 2. The number of urea groups is 1. The van der Waals surface area contributed by atoms with Gasteiger partial charge in [0.2, 0.25) is 5.88 Å². The fourth-order valence-electron chi connectivity index (χ4n) is 4.71. The zero-order valence-corrected chi connectivity index (χ0v) is 21.0. The summed E-state index contributed by atoms with van der Waals surface area (Å²) in [5.74, 6) is -1.78. The van der Waals surface area contributed by atoms with Crippen molar-refractivity contribution in [2.75, 3.05) is 38.7 Å². The number of rotatable bonds is 8. The molecule has 198 valence electrons. The topological polar surface area (TPSA) is 97.7 Å². The molecule has 9 nitrogen and oxygen atoms in total. The molecule has 2 N–H and O–H groups in total. The molecule has 1 fully saturated rings. The van der Waals surface area contributed by atoms with Crippen molar-refractivity contribution in [2.45, 2.75) is 38.3 Å². The number of hydrogen-bond donors (Lipinski definition) is 2. The Labute approximate surface area is 214 Å². The van der Waals surface area contributed by atoms with Crippen LogP contribution in [0.1, 0.15) is 36.4 Å². The Morgan fingerprint density at radius 1 is 1.19 bits per heavy atom. The van der Waals surface area contributed by atoms with Crippen LogP contribution < -0.4 is 15.4 Å². The minimum atomic E-state index is -0.968. The summed E-state index contributed by atoms with van der Waals surface area (Å²) in [6.07, 6.45) is 8.60. The quantitative estimate of drug-likeness (QED) is 0.521. The molecule has 1 unspecified atom stereocenters. The van der Waals surface area contributed by atoms with Gasteiger partial charge in [0.15, 0.2) is 11.6 Å². The zero-order valence-electron chi connectivity index (χ0n) is 21.0. The highest BCUT2D eigenvalue weighted by molar-refractivity contribution is 5.90. The first-order valence-corrected chi connectivity index (χ1v) is 12.2. The molecule has 1 aliphatic carbocycles. The van der Waals surface area contributed by atoms with E-state index in [-0.39, 0.29) is 18.5 Å². The van der Waals surface area contributed by atoms with Gasteiger partial charge in [0.05, 0.1) is 37.9 Å². The molecular weight excluding hydrogens is 484 g/mol. The summed E-state index contributed by atoms with van der Waals surface area (Å²) < 4.78 is 39.7. The summed E-state index contributed by atoms with van der Waals surface area (Å²) in [7, 11) is 1.30. The summed E-state index contributed by atoms with van der Waals surface area (Å²) in [4.78, 5) is 26.9. The standard InChI is InChI=1S/C26H31F2N5O4/c1-4-37-25-16(2)24(33(31-25)18-8-6-5-7-9-18)30-26(35)29-22-14-32(15-23(34)36-3)13-19(22)17-10-11-20(27)21(28)12-17/h5-8,10-12,18-19,22H,4,9,13-15H2,1-3H3,(H2,29,30,35)/t18?,19-,22+/m0/s1. The molecule has 0 spiro atoms. The maximum absolute atomic E-state index is 14.0. The second kappa shape index (κ2) is 11.5. The second-order valence-electron chi connectivity index (χ2n) is 9.03. The molecule has 0 saturated carbocycles. The van der Waals surface area contributed by atoms with Gasteiger partial charge < -0.3 is 14.8 Å². The lowest BCUT2D eigenvalue weighted by molar-refractivity contribution is -0.141. The molecular formula is C26H31F2N5O4. The molecule has 3 atom stereocenters. The summed E-state index contributed by atoms with van der Waals surface area (Å²) in [5, 5.41) is 10.4. The molecule has 1 saturated heterocycles. The molecule has 0 radical (unpaired) electrons. The predicted octanol–water partition coefficient (Wildman–Crippen LogP) is 3.69. The van der Waals surface area contributed by atoms with Crippen LogP contribution in [-0.2, 0) is 9.53 Å². The number of aromatic nitrogens is 2. The Hall–Kier alpha value is -3.73. The van der Waals surface area contributed by atoms with Crippen LogP contribution in [0.25, 0.3) is 0 Å². The molecule has 2 aliphatic rings. The molecule has 0 bridgehead atoms. The number of methoxy groups -OCH3 is 1. The van der Waals surface area contributed by atoms with E-state index in [1.807, 2.05) is 43.1 Å². The van der Waals surface area contributed by atoms with Gasteiger partial charge in [-0.3, -0.25) is 15.0 Å². The number of carbonyl (C=O) groups excluding carboxylic acids is 2. The Bertz CT molecular complexity index is 1210. The summed E-state index contributed by atoms with van der Waals surface area (Å²) >= 11 is 0. The summed E-state index contributed by atoms with van der Waals surface area (Å²) in [6, 6.07) is 2.63. The van der Waals surface area contributed by atoms with Crippen molar-refractivity contribution < 1.29 is 27.8 Å². The molecule has 2 aromatic rings. The van der Waals surface area contributed by atoms with E-state index in [2.05, 4.69) is 15.7 Å². The third kappa shape index (κ3) is 5.99. The van der Waals surface area contributed by atoms with E-state index in [0.717, 1.165) is 12.1 Å². The van der Waals surface area contributed by atoms with Crippen LogP contribution in [0.5, 0.6) is 5.88 Å². The van der Waals surface area contributed by atoms with Gasteiger partial charge in [-0.05, 0) is 38.0 Å². The maximum Gasteiger partial charge on any atom is 0.320 e. The van der Waals surface area contributed by atoms with E-state index in [1.165, 1.54) is 13.2 Å². The summed E-state index contributed by atoms with van der Waals surface area (Å²) in [6.45, 7) is 4.81. The smallest absolute Gasteiger partial charge is 0.320 e. The highest BCUT2D eigenvalue weighted by Gasteiger charge is 2.36. The van der Waals surface area contributed by atoms with Crippen LogP contribution in [-0.4, -0.2) is 66.1 Å². The highest BCUT2D eigenvalue weighted by atomic mass is 19.2. The number of ether oxygens (including phenoxy) is 2. The fourth-order valence-corrected chi connectivity index (χ4v) is 4.71. The number of halogens is 2. The molecule has 2 amide bonds. The number of carbonyl (C=O) groups is 2. The van der Waals surface area contributed by atoms with Gasteiger partial charge in [-0.1, -0.05) is 30.4 Å². The third-order valence-electron chi connectivity index (χ3n) is 6.55. The maximum atomic E-state index is 14.0. The number of anilines is 1. The van der Waals surface area contributed by atoms with Crippen molar-refractivity contribution in [2.24, 2.45) is 0 Å². The number of benzene rings is 1. The van der Waals surface area contributed by atoms with Gasteiger partial charge in [-0.15, -0.1) is 5.10 Å². The Balaban J connectivity index is 1.55. The molecule has 2 heterocycles. The lowest BCUT2D eigenvalue weighted by Crippen LogP contribution is -2.43. The molecule has 1 aromatic heterocycles. The van der Waals surface area contributed by atoms with Crippen LogP contribution in [0.3, 0.4) is 0 Å². The van der Waals surface area contributed by atoms with Crippen molar-refractivity contribution >= 4 is 17.8 Å². The van der Waals surface area contributed by atoms with Gasteiger partial charge in [-0.25, -0.2) is 18.3 Å². The van der Waals surface area contributed by atoms with Crippen molar-refractivity contribution in [1.29, 1.82) is 0 Å². The minimum absolute atomic E-state index is 0.0155. The van der Waals surface area contributed by atoms with Crippen molar-refractivity contribution in [3.63, 3.8) is 0 Å². The fraction of sp³-hybridized carbons (Fsp3) is 0.423.